The van der Waals surface area contributed by atoms with E-state index in [9.17, 15) is 9.18 Å². The van der Waals surface area contributed by atoms with Crippen molar-refractivity contribution >= 4 is 23.4 Å². The molecule has 128 valence electrons. The zero-order valence-electron chi connectivity index (χ0n) is 13.8. The number of halogens is 1. The molecule has 1 amide bonds. The van der Waals surface area contributed by atoms with Crippen LogP contribution in [-0.2, 0) is 4.79 Å². The highest BCUT2D eigenvalue weighted by atomic mass is 32.2. The fourth-order valence-electron chi connectivity index (χ4n) is 2.25. The van der Waals surface area contributed by atoms with Gasteiger partial charge >= 0.3 is 0 Å². The van der Waals surface area contributed by atoms with Gasteiger partial charge in [-0.15, -0.1) is 5.10 Å². The Morgan fingerprint density at radius 1 is 1.24 bits per heavy atom. The van der Waals surface area contributed by atoms with E-state index >= 15 is 0 Å². The third kappa shape index (κ3) is 4.24. The van der Waals surface area contributed by atoms with Crippen molar-refractivity contribution in [3.05, 3.63) is 59.9 Å². The van der Waals surface area contributed by atoms with Gasteiger partial charge in [0.1, 0.15) is 5.82 Å². The molecule has 2 aromatic carbocycles. The molecule has 0 fully saturated rings. The maximum absolute atomic E-state index is 13.8. The molecular formula is C18H17FN4OS. The van der Waals surface area contributed by atoms with Gasteiger partial charge in [-0.25, -0.2) is 9.37 Å². The Bertz CT molecular complexity index is 896. The van der Waals surface area contributed by atoms with Crippen LogP contribution >= 0.6 is 11.8 Å². The Kier molecular flexibility index (Phi) is 5.14. The Labute approximate surface area is 149 Å². The van der Waals surface area contributed by atoms with Crippen molar-refractivity contribution in [3.63, 3.8) is 0 Å². The summed E-state index contributed by atoms with van der Waals surface area (Å²) in [5.41, 5.74) is 2.17. The molecule has 0 unspecified atom stereocenters. The molecule has 3 rings (SSSR count). The number of hydrogen-bond donors (Lipinski definition) is 2. The van der Waals surface area contributed by atoms with Crippen LogP contribution in [0, 0.1) is 12.7 Å². The number of benzene rings is 2. The summed E-state index contributed by atoms with van der Waals surface area (Å²) < 4.78 is 13.8. The number of thioether (sulfide) groups is 1. The van der Waals surface area contributed by atoms with Gasteiger partial charge in [0.05, 0.1) is 10.8 Å². The van der Waals surface area contributed by atoms with Crippen LogP contribution in [0.5, 0.6) is 0 Å². The fourth-order valence-corrected chi connectivity index (χ4v) is 2.98. The molecule has 0 saturated carbocycles. The number of anilines is 1. The summed E-state index contributed by atoms with van der Waals surface area (Å²) in [5.74, 6) is -0.180. The van der Waals surface area contributed by atoms with Crippen molar-refractivity contribution in [2.24, 2.45) is 0 Å². The van der Waals surface area contributed by atoms with E-state index in [1.165, 1.54) is 17.8 Å². The van der Waals surface area contributed by atoms with E-state index in [-0.39, 0.29) is 11.7 Å². The van der Waals surface area contributed by atoms with E-state index in [1.54, 1.807) is 25.1 Å². The van der Waals surface area contributed by atoms with E-state index in [2.05, 4.69) is 20.5 Å². The van der Waals surface area contributed by atoms with Gasteiger partial charge in [-0.2, -0.15) is 0 Å². The van der Waals surface area contributed by atoms with Crippen molar-refractivity contribution < 1.29 is 9.18 Å². The van der Waals surface area contributed by atoms with Crippen molar-refractivity contribution in [3.8, 4) is 11.4 Å². The molecule has 0 aliphatic heterocycles. The second kappa shape index (κ2) is 7.48. The number of aromatic nitrogens is 3. The van der Waals surface area contributed by atoms with Gasteiger partial charge in [-0.05, 0) is 43.7 Å². The summed E-state index contributed by atoms with van der Waals surface area (Å²) >= 11 is 1.21. The first-order valence-corrected chi connectivity index (χ1v) is 8.62. The van der Waals surface area contributed by atoms with Gasteiger partial charge in [0.15, 0.2) is 5.82 Å². The zero-order valence-corrected chi connectivity index (χ0v) is 14.6. The lowest BCUT2D eigenvalue weighted by atomic mass is 10.2. The van der Waals surface area contributed by atoms with Crippen molar-refractivity contribution in [2.75, 3.05) is 5.32 Å². The molecule has 0 bridgehead atoms. The van der Waals surface area contributed by atoms with Crippen LogP contribution in [-0.4, -0.2) is 26.3 Å². The minimum absolute atomic E-state index is 0.146. The zero-order chi connectivity index (χ0) is 17.8. The highest BCUT2D eigenvalue weighted by Crippen LogP contribution is 2.24. The van der Waals surface area contributed by atoms with Crippen LogP contribution in [0.1, 0.15) is 12.5 Å². The lowest BCUT2D eigenvalue weighted by Crippen LogP contribution is -2.22. The molecule has 7 heteroatoms. The number of nitrogens with zero attached hydrogens (tertiary/aromatic N) is 2. The lowest BCUT2D eigenvalue weighted by Gasteiger charge is -2.10. The van der Waals surface area contributed by atoms with Crippen LogP contribution in [0.3, 0.4) is 0 Å². The van der Waals surface area contributed by atoms with Gasteiger partial charge in [-0.1, -0.05) is 36.0 Å². The van der Waals surface area contributed by atoms with Crippen LogP contribution in [0.4, 0.5) is 10.1 Å². The predicted molar refractivity (Wildman–Crippen MR) is 96.9 cm³/mol. The van der Waals surface area contributed by atoms with E-state index in [4.69, 9.17) is 0 Å². The first-order chi connectivity index (χ1) is 12.0. The van der Waals surface area contributed by atoms with Gasteiger partial charge in [0, 0.05) is 5.69 Å². The van der Waals surface area contributed by atoms with Crippen LogP contribution < -0.4 is 5.32 Å². The fraction of sp³-hybridized carbons (Fsp3) is 0.167. The maximum Gasteiger partial charge on any atom is 0.237 e. The molecule has 0 spiro atoms. The quantitative estimate of drug-likeness (QED) is 0.677. The molecule has 0 saturated heterocycles. The van der Waals surface area contributed by atoms with E-state index in [1.807, 2.05) is 31.2 Å². The smallest absolute Gasteiger partial charge is 0.237 e. The molecule has 0 aliphatic rings. The second-order valence-corrected chi connectivity index (χ2v) is 6.87. The molecule has 1 atom stereocenters. The predicted octanol–water partition coefficient (Wildman–Crippen LogP) is 4.04. The number of amides is 1. The third-order valence-electron chi connectivity index (χ3n) is 3.53. The van der Waals surface area contributed by atoms with Crippen molar-refractivity contribution in [2.45, 2.75) is 24.3 Å². The summed E-state index contributed by atoms with van der Waals surface area (Å²) in [6.07, 6.45) is 0. The molecule has 3 aromatic rings. The van der Waals surface area contributed by atoms with E-state index in [0.717, 1.165) is 11.3 Å². The monoisotopic (exact) mass is 356 g/mol. The first-order valence-electron chi connectivity index (χ1n) is 7.74. The molecule has 5 nitrogen and oxygen atoms in total. The SMILES string of the molecule is Cc1cccc(NC(=O)[C@H](C)Sc2n[nH]c(-c3ccccc3F)n2)c1. The van der Waals surface area contributed by atoms with Gasteiger partial charge in [0.25, 0.3) is 0 Å². The highest BCUT2D eigenvalue weighted by molar-refractivity contribution is 8.00. The normalized spacial score (nSPS) is 12.0. The third-order valence-corrected chi connectivity index (χ3v) is 4.49. The lowest BCUT2D eigenvalue weighted by molar-refractivity contribution is -0.115. The Morgan fingerprint density at radius 2 is 2.04 bits per heavy atom. The van der Waals surface area contributed by atoms with Crippen molar-refractivity contribution in [1.29, 1.82) is 0 Å². The average molecular weight is 356 g/mol. The summed E-state index contributed by atoms with van der Waals surface area (Å²) in [5, 5.41) is 9.63. The highest BCUT2D eigenvalue weighted by Gasteiger charge is 2.18. The summed E-state index contributed by atoms with van der Waals surface area (Å²) in [6, 6.07) is 13.9. The minimum atomic E-state index is -0.398. The topological polar surface area (TPSA) is 70.7 Å². The molecule has 1 heterocycles. The number of aromatic amines is 1. The minimum Gasteiger partial charge on any atom is -0.325 e. The molecule has 2 N–H and O–H groups in total. The summed E-state index contributed by atoms with van der Waals surface area (Å²) in [4.78, 5) is 16.6. The van der Waals surface area contributed by atoms with Crippen LogP contribution in [0.2, 0.25) is 0 Å². The van der Waals surface area contributed by atoms with Crippen molar-refractivity contribution in [1.82, 2.24) is 15.2 Å². The summed E-state index contributed by atoms with van der Waals surface area (Å²) in [7, 11) is 0. The summed E-state index contributed by atoms with van der Waals surface area (Å²) in [6.45, 7) is 3.74. The first kappa shape index (κ1) is 17.2. The van der Waals surface area contributed by atoms with Crippen LogP contribution in [0.25, 0.3) is 11.4 Å². The number of carbonyl (C=O) groups excluding carboxylic acids is 1. The molecule has 25 heavy (non-hydrogen) atoms. The van der Waals surface area contributed by atoms with E-state index < -0.39 is 5.25 Å². The molecule has 0 radical (unpaired) electrons. The largest absolute Gasteiger partial charge is 0.325 e. The number of aryl methyl sites for hydroxylation is 1. The standard InChI is InChI=1S/C18H17FN4OS/c1-11-6-5-7-13(10-11)20-17(24)12(2)25-18-21-16(22-23-18)14-8-3-4-9-15(14)19/h3-10,12H,1-2H3,(H,20,24)(H,21,22,23)/t12-/m0/s1. The van der Waals surface area contributed by atoms with Gasteiger partial charge in [0.2, 0.25) is 11.1 Å². The van der Waals surface area contributed by atoms with Gasteiger partial charge < -0.3 is 5.32 Å². The Hall–Kier alpha value is -2.67. The number of nitrogens with one attached hydrogen (secondary N) is 2. The van der Waals surface area contributed by atoms with Crippen LogP contribution in [0.15, 0.2) is 53.7 Å². The number of rotatable bonds is 5. The molecule has 1 aromatic heterocycles. The number of H-pyrrole nitrogens is 1. The Balaban J connectivity index is 1.66. The number of carbonyl (C=O) groups is 1. The maximum atomic E-state index is 13.8. The second-order valence-electron chi connectivity index (χ2n) is 5.57. The number of hydrogen-bond acceptors (Lipinski definition) is 4. The molecular weight excluding hydrogens is 339 g/mol. The molecule has 0 aliphatic carbocycles. The Morgan fingerprint density at radius 3 is 2.80 bits per heavy atom. The van der Waals surface area contributed by atoms with E-state index in [0.29, 0.717) is 16.5 Å². The average Bonchev–Trinajstić information content (AvgIpc) is 3.03. The van der Waals surface area contributed by atoms with Gasteiger partial charge in [-0.3, -0.25) is 9.89 Å².